The summed E-state index contributed by atoms with van der Waals surface area (Å²) in [6.45, 7) is 6.75. The van der Waals surface area contributed by atoms with E-state index >= 15 is 0 Å². The molecule has 4 nitrogen and oxygen atoms in total. The minimum absolute atomic E-state index is 0.0241. The van der Waals surface area contributed by atoms with Gasteiger partial charge in [-0.2, -0.15) is 5.26 Å². The number of fused-ring (bicyclic) bond motifs is 1. The van der Waals surface area contributed by atoms with Gasteiger partial charge in [0.25, 0.3) is 0 Å². The van der Waals surface area contributed by atoms with Gasteiger partial charge in [0.2, 0.25) is 5.91 Å². The van der Waals surface area contributed by atoms with E-state index in [0.29, 0.717) is 29.5 Å². The van der Waals surface area contributed by atoms with Crippen molar-refractivity contribution in [3.8, 4) is 6.07 Å². The molecule has 5 heteroatoms. The molecule has 1 N–H and O–H groups in total. The zero-order chi connectivity index (χ0) is 14.7. The van der Waals surface area contributed by atoms with Crippen molar-refractivity contribution in [1.82, 2.24) is 0 Å². The molecule has 1 aliphatic rings. The molecule has 0 radical (unpaired) electrons. The molecule has 1 aromatic rings. The lowest BCUT2D eigenvalue weighted by molar-refractivity contribution is -0.116. The summed E-state index contributed by atoms with van der Waals surface area (Å²) in [7, 11) is 0. The third-order valence-electron chi connectivity index (χ3n) is 3.51. The van der Waals surface area contributed by atoms with Crippen LogP contribution < -0.4 is 5.32 Å². The average molecular weight is 292 g/mol. The summed E-state index contributed by atoms with van der Waals surface area (Å²) in [5.41, 5.74) is 1.69. The summed E-state index contributed by atoms with van der Waals surface area (Å²) in [5, 5.41) is 12.9. The number of carbonyl (C=O) groups is 1. The monoisotopic (exact) mass is 292 g/mol. The Hall–Kier alpha value is -1.38. The second-order valence-electron chi connectivity index (χ2n) is 5.42. The van der Waals surface area contributed by atoms with E-state index < -0.39 is 0 Å². The molecule has 0 bridgehead atoms. The van der Waals surface area contributed by atoms with Crippen molar-refractivity contribution in [2.75, 3.05) is 5.32 Å². The summed E-state index contributed by atoms with van der Waals surface area (Å²) >= 11 is 1.48. The Morgan fingerprint density at radius 1 is 1.60 bits per heavy atom. The number of hydrogen-bond donors (Lipinski definition) is 1. The molecule has 1 aliphatic heterocycles. The van der Waals surface area contributed by atoms with Crippen LogP contribution in [0.1, 0.15) is 49.6 Å². The number of anilines is 1. The number of hydrogen-bond acceptors (Lipinski definition) is 4. The number of amides is 1. The van der Waals surface area contributed by atoms with E-state index in [4.69, 9.17) is 4.74 Å². The number of rotatable bonds is 4. The van der Waals surface area contributed by atoms with Crippen LogP contribution in [0.5, 0.6) is 0 Å². The smallest absolute Gasteiger partial charge is 0.224 e. The van der Waals surface area contributed by atoms with Crippen LogP contribution in [-0.4, -0.2) is 12.0 Å². The van der Waals surface area contributed by atoms with Gasteiger partial charge in [0, 0.05) is 17.7 Å². The summed E-state index contributed by atoms with van der Waals surface area (Å²) in [5.74, 6) is 0.400. The van der Waals surface area contributed by atoms with Crippen LogP contribution >= 0.6 is 11.3 Å². The standard InChI is InChI=1S/C15H20N2O2S/c1-4-5-14(18)17-15-11(7-16)10-6-12(9(2)3)19-8-13(10)20-15/h9,12H,4-6,8H2,1-3H3,(H,17,18). The summed E-state index contributed by atoms with van der Waals surface area (Å²) in [6.07, 6.45) is 2.20. The Balaban J connectivity index is 2.25. The van der Waals surface area contributed by atoms with Gasteiger partial charge in [-0.3, -0.25) is 4.79 Å². The molecule has 1 atom stereocenters. The lowest BCUT2D eigenvalue weighted by atomic mass is 9.95. The van der Waals surface area contributed by atoms with Gasteiger partial charge < -0.3 is 10.1 Å². The van der Waals surface area contributed by atoms with Crippen LogP contribution in [0.25, 0.3) is 0 Å². The predicted octanol–water partition coefficient (Wildman–Crippen LogP) is 3.46. The van der Waals surface area contributed by atoms with Gasteiger partial charge in [0.1, 0.15) is 11.1 Å². The number of nitrogens with one attached hydrogen (secondary N) is 1. The number of nitrogens with zero attached hydrogens (tertiary/aromatic N) is 1. The number of nitriles is 1. The van der Waals surface area contributed by atoms with Crippen LogP contribution in [0.3, 0.4) is 0 Å². The van der Waals surface area contributed by atoms with Gasteiger partial charge in [-0.1, -0.05) is 20.8 Å². The highest BCUT2D eigenvalue weighted by Crippen LogP contribution is 2.38. The minimum atomic E-state index is -0.0241. The van der Waals surface area contributed by atoms with E-state index in [0.717, 1.165) is 23.3 Å². The normalized spacial score (nSPS) is 17.6. The molecule has 1 unspecified atom stereocenters. The van der Waals surface area contributed by atoms with E-state index in [9.17, 15) is 10.1 Å². The Kier molecular flexibility index (Phi) is 4.79. The van der Waals surface area contributed by atoms with Crippen LogP contribution in [0, 0.1) is 17.2 Å². The van der Waals surface area contributed by atoms with E-state index in [1.807, 2.05) is 6.92 Å². The van der Waals surface area contributed by atoms with Crippen molar-refractivity contribution in [1.29, 1.82) is 5.26 Å². The molecule has 0 saturated carbocycles. The second kappa shape index (κ2) is 6.38. The largest absolute Gasteiger partial charge is 0.372 e. The molecule has 0 saturated heterocycles. The van der Waals surface area contributed by atoms with Crippen molar-refractivity contribution in [2.24, 2.45) is 5.92 Å². The highest BCUT2D eigenvalue weighted by molar-refractivity contribution is 7.16. The lowest BCUT2D eigenvalue weighted by Crippen LogP contribution is -2.26. The first-order chi connectivity index (χ1) is 9.56. The Morgan fingerprint density at radius 3 is 2.95 bits per heavy atom. The molecule has 2 heterocycles. The Bertz CT molecular complexity index is 543. The lowest BCUT2D eigenvalue weighted by Gasteiger charge is -2.26. The van der Waals surface area contributed by atoms with Gasteiger partial charge in [-0.25, -0.2) is 0 Å². The van der Waals surface area contributed by atoms with Gasteiger partial charge in [0.05, 0.1) is 18.3 Å². The fraction of sp³-hybridized carbons (Fsp3) is 0.600. The predicted molar refractivity (Wildman–Crippen MR) is 79.7 cm³/mol. The molecule has 1 amide bonds. The highest BCUT2D eigenvalue weighted by atomic mass is 32.1. The molecule has 0 aromatic carbocycles. The highest BCUT2D eigenvalue weighted by Gasteiger charge is 2.28. The molecule has 0 spiro atoms. The topological polar surface area (TPSA) is 62.1 Å². The Labute approximate surface area is 123 Å². The molecule has 20 heavy (non-hydrogen) atoms. The van der Waals surface area contributed by atoms with Crippen molar-refractivity contribution in [3.63, 3.8) is 0 Å². The van der Waals surface area contributed by atoms with Gasteiger partial charge in [-0.15, -0.1) is 11.3 Å². The van der Waals surface area contributed by atoms with Gasteiger partial charge in [-0.05, 0) is 17.9 Å². The van der Waals surface area contributed by atoms with Crippen LogP contribution in [-0.2, 0) is 22.6 Å². The molecule has 108 valence electrons. The van der Waals surface area contributed by atoms with Gasteiger partial charge in [0.15, 0.2) is 0 Å². The quantitative estimate of drug-likeness (QED) is 0.924. The molecule has 2 rings (SSSR count). The van der Waals surface area contributed by atoms with E-state index in [1.165, 1.54) is 11.3 Å². The van der Waals surface area contributed by atoms with Gasteiger partial charge >= 0.3 is 0 Å². The second-order valence-corrected chi connectivity index (χ2v) is 6.52. The zero-order valence-electron chi connectivity index (χ0n) is 12.2. The van der Waals surface area contributed by atoms with E-state index in [1.54, 1.807) is 0 Å². The minimum Gasteiger partial charge on any atom is -0.372 e. The van der Waals surface area contributed by atoms with Crippen molar-refractivity contribution in [3.05, 3.63) is 16.0 Å². The number of ether oxygens (including phenoxy) is 1. The van der Waals surface area contributed by atoms with Crippen molar-refractivity contribution in [2.45, 2.75) is 52.7 Å². The number of thiophene rings is 1. The zero-order valence-corrected chi connectivity index (χ0v) is 13.0. The van der Waals surface area contributed by atoms with Crippen molar-refractivity contribution < 1.29 is 9.53 Å². The first kappa shape index (κ1) is 15.0. The molecule has 0 fully saturated rings. The first-order valence-electron chi connectivity index (χ1n) is 7.02. The molecule has 0 aliphatic carbocycles. The Morgan fingerprint density at radius 2 is 2.35 bits per heavy atom. The molecular formula is C15H20N2O2S. The first-order valence-corrected chi connectivity index (χ1v) is 7.84. The fourth-order valence-electron chi connectivity index (χ4n) is 2.34. The maximum absolute atomic E-state index is 11.7. The third kappa shape index (κ3) is 3.02. The summed E-state index contributed by atoms with van der Waals surface area (Å²) < 4.78 is 5.82. The van der Waals surface area contributed by atoms with Crippen LogP contribution in [0.15, 0.2) is 0 Å². The molecular weight excluding hydrogens is 272 g/mol. The third-order valence-corrected chi connectivity index (χ3v) is 4.63. The van der Waals surface area contributed by atoms with Crippen LogP contribution in [0.4, 0.5) is 5.00 Å². The van der Waals surface area contributed by atoms with E-state index in [2.05, 4.69) is 25.2 Å². The van der Waals surface area contributed by atoms with E-state index in [-0.39, 0.29) is 12.0 Å². The average Bonchev–Trinajstić information content (AvgIpc) is 2.74. The fourth-order valence-corrected chi connectivity index (χ4v) is 3.46. The summed E-state index contributed by atoms with van der Waals surface area (Å²) in [4.78, 5) is 12.8. The van der Waals surface area contributed by atoms with Crippen molar-refractivity contribution >= 4 is 22.2 Å². The summed E-state index contributed by atoms with van der Waals surface area (Å²) in [6, 6.07) is 2.25. The molecule has 1 aromatic heterocycles. The maximum atomic E-state index is 11.7. The SMILES string of the molecule is CCCC(=O)Nc1sc2c(c1C#N)CC(C(C)C)OC2. The number of carbonyl (C=O) groups excluding carboxylic acids is 1. The van der Waals surface area contributed by atoms with Crippen LogP contribution in [0.2, 0.25) is 0 Å². The maximum Gasteiger partial charge on any atom is 0.224 e.